The summed E-state index contributed by atoms with van der Waals surface area (Å²) in [5, 5.41) is 5.70. The van der Waals surface area contributed by atoms with E-state index in [1.165, 1.54) is 12.1 Å². The minimum atomic E-state index is -2.83. The summed E-state index contributed by atoms with van der Waals surface area (Å²) in [6.45, 7) is 1.56. The Kier molecular flexibility index (Phi) is 6.74. The lowest BCUT2D eigenvalue weighted by atomic mass is 10.0. The summed E-state index contributed by atoms with van der Waals surface area (Å²) in [6.07, 6.45) is 0.598. The van der Waals surface area contributed by atoms with E-state index in [0.717, 1.165) is 16.7 Å². The van der Waals surface area contributed by atoms with E-state index in [4.69, 9.17) is 0 Å². The van der Waals surface area contributed by atoms with Crippen LogP contribution in [0.2, 0.25) is 0 Å². The average molecular weight is 348 g/mol. The molecule has 0 radical (unpaired) electrons. The maximum atomic E-state index is 12.1. The molecule has 0 aliphatic heterocycles. The molecule has 0 aliphatic carbocycles. The molecule has 0 saturated carbocycles. The molecule has 1 atom stereocenters. The molecule has 6 heteroatoms. The first kappa shape index (κ1) is 18.7. The molecule has 0 fully saturated rings. The van der Waals surface area contributed by atoms with Crippen molar-refractivity contribution in [1.82, 2.24) is 10.6 Å². The summed E-state index contributed by atoms with van der Waals surface area (Å²) in [4.78, 5) is 12.0. The smallest absolute Gasteiger partial charge is 0.387 e. The van der Waals surface area contributed by atoms with Gasteiger partial charge in [-0.15, -0.1) is 0 Å². The number of benzene rings is 2. The zero-order valence-corrected chi connectivity index (χ0v) is 14.3. The van der Waals surface area contributed by atoms with Crippen molar-refractivity contribution < 1.29 is 18.3 Å². The molecule has 2 aromatic carbocycles. The molecule has 2 aromatic rings. The van der Waals surface area contributed by atoms with Crippen LogP contribution in [0, 0.1) is 6.92 Å². The van der Waals surface area contributed by atoms with Crippen molar-refractivity contribution in [2.75, 3.05) is 6.54 Å². The molecule has 0 heterocycles. The molecule has 0 aromatic heterocycles. The number of carbonyl (C=O) groups excluding carboxylic acids is 1. The lowest BCUT2D eigenvalue weighted by Gasteiger charge is -2.17. The molecule has 0 saturated heterocycles. The molecule has 0 spiro atoms. The lowest BCUT2D eigenvalue weighted by molar-refractivity contribution is -0.0498. The summed E-state index contributed by atoms with van der Waals surface area (Å²) < 4.78 is 28.5. The maximum Gasteiger partial charge on any atom is 0.387 e. The quantitative estimate of drug-likeness (QED) is 0.788. The Morgan fingerprint density at radius 2 is 1.80 bits per heavy atom. The Labute approximate surface area is 146 Å². The predicted octanol–water partition coefficient (Wildman–Crippen LogP) is 4.20. The van der Waals surface area contributed by atoms with Crippen LogP contribution in [0.15, 0.2) is 48.5 Å². The molecule has 0 aliphatic rings. The van der Waals surface area contributed by atoms with Crippen LogP contribution in [0.5, 0.6) is 5.75 Å². The van der Waals surface area contributed by atoms with Gasteiger partial charge in [0.1, 0.15) is 5.75 Å². The van der Waals surface area contributed by atoms with Crippen molar-refractivity contribution >= 4 is 6.03 Å². The number of aryl methyl sites for hydroxylation is 1. The van der Waals surface area contributed by atoms with E-state index in [2.05, 4.69) is 15.4 Å². The van der Waals surface area contributed by atoms with Gasteiger partial charge >= 0.3 is 12.6 Å². The number of urea groups is 1. The normalized spacial score (nSPS) is 11.9. The minimum absolute atomic E-state index is 0.0908. The Bertz CT molecular complexity index is 690. The highest BCUT2D eigenvalue weighted by Crippen LogP contribution is 2.16. The third kappa shape index (κ3) is 6.06. The zero-order valence-electron chi connectivity index (χ0n) is 14.3. The number of nitrogens with one attached hydrogen (secondary N) is 2. The Morgan fingerprint density at radius 3 is 2.44 bits per heavy atom. The molecular formula is C19H22F2N2O2. The standard InChI is InChI=1S/C19H22F2N2O2/c1-13-5-3-4-6-17(13)14(2)23-19(24)22-12-11-15-7-9-16(10-8-15)25-18(20)21/h3-10,14,18H,11-12H2,1-2H3,(H2,22,23,24). The van der Waals surface area contributed by atoms with Gasteiger partial charge in [0.2, 0.25) is 0 Å². The van der Waals surface area contributed by atoms with Gasteiger partial charge < -0.3 is 15.4 Å². The molecule has 2 amide bonds. The van der Waals surface area contributed by atoms with Crippen molar-refractivity contribution in [3.63, 3.8) is 0 Å². The number of hydrogen-bond acceptors (Lipinski definition) is 2. The summed E-state index contributed by atoms with van der Waals surface area (Å²) in [6, 6.07) is 13.9. The zero-order chi connectivity index (χ0) is 18.2. The van der Waals surface area contributed by atoms with Crippen LogP contribution in [0.4, 0.5) is 13.6 Å². The van der Waals surface area contributed by atoms with Crippen LogP contribution in [-0.4, -0.2) is 19.2 Å². The summed E-state index contributed by atoms with van der Waals surface area (Å²) in [5.41, 5.74) is 3.13. The number of ether oxygens (including phenoxy) is 1. The molecule has 2 rings (SSSR count). The third-order valence-corrected chi connectivity index (χ3v) is 3.85. The highest BCUT2D eigenvalue weighted by atomic mass is 19.3. The van der Waals surface area contributed by atoms with Gasteiger partial charge in [-0.05, 0) is 49.1 Å². The first-order chi connectivity index (χ1) is 12.0. The molecule has 4 nitrogen and oxygen atoms in total. The molecule has 25 heavy (non-hydrogen) atoms. The Morgan fingerprint density at radius 1 is 1.12 bits per heavy atom. The summed E-state index contributed by atoms with van der Waals surface area (Å²) in [7, 11) is 0. The number of halogens is 2. The predicted molar refractivity (Wildman–Crippen MR) is 92.9 cm³/mol. The SMILES string of the molecule is Cc1ccccc1C(C)NC(=O)NCCc1ccc(OC(F)F)cc1. The van der Waals surface area contributed by atoms with Crippen molar-refractivity contribution in [2.45, 2.75) is 32.9 Å². The van der Waals surface area contributed by atoms with E-state index in [1.807, 2.05) is 38.1 Å². The van der Waals surface area contributed by atoms with Crippen LogP contribution in [0.25, 0.3) is 0 Å². The van der Waals surface area contributed by atoms with Crippen molar-refractivity contribution in [2.24, 2.45) is 0 Å². The lowest BCUT2D eigenvalue weighted by Crippen LogP contribution is -2.38. The summed E-state index contributed by atoms with van der Waals surface area (Å²) >= 11 is 0. The van der Waals surface area contributed by atoms with Gasteiger partial charge in [-0.2, -0.15) is 8.78 Å². The highest BCUT2D eigenvalue weighted by Gasteiger charge is 2.10. The topological polar surface area (TPSA) is 50.4 Å². The largest absolute Gasteiger partial charge is 0.435 e. The van der Waals surface area contributed by atoms with Gasteiger partial charge in [-0.3, -0.25) is 0 Å². The van der Waals surface area contributed by atoms with E-state index in [9.17, 15) is 13.6 Å². The fourth-order valence-corrected chi connectivity index (χ4v) is 2.56. The third-order valence-electron chi connectivity index (χ3n) is 3.85. The minimum Gasteiger partial charge on any atom is -0.435 e. The van der Waals surface area contributed by atoms with Gasteiger partial charge in [0.25, 0.3) is 0 Å². The first-order valence-electron chi connectivity index (χ1n) is 8.09. The molecule has 134 valence electrons. The number of alkyl halides is 2. The van der Waals surface area contributed by atoms with Crippen LogP contribution in [-0.2, 0) is 6.42 Å². The molecule has 2 N–H and O–H groups in total. The van der Waals surface area contributed by atoms with E-state index >= 15 is 0 Å². The van der Waals surface area contributed by atoms with Crippen molar-refractivity contribution in [1.29, 1.82) is 0 Å². The Balaban J connectivity index is 1.76. The van der Waals surface area contributed by atoms with E-state index in [0.29, 0.717) is 13.0 Å². The second kappa shape index (κ2) is 9.01. The molecule has 1 unspecified atom stereocenters. The molecular weight excluding hydrogens is 326 g/mol. The van der Waals surface area contributed by atoms with Gasteiger partial charge in [0, 0.05) is 6.54 Å². The summed E-state index contributed by atoms with van der Waals surface area (Å²) in [5.74, 6) is 0.122. The number of carbonyl (C=O) groups is 1. The second-order valence-corrected chi connectivity index (χ2v) is 5.75. The Hall–Kier alpha value is -2.63. The monoisotopic (exact) mass is 348 g/mol. The average Bonchev–Trinajstić information content (AvgIpc) is 2.56. The van der Waals surface area contributed by atoms with E-state index in [-0.39, 0.29) is 17.8 Å². The van der Waals surface area contributed by atoms with Crippen molar-refractivity contribution in [3.05, 3.63) is 65.2 Å². The van der Waals surface area contributed by atoms with Crippen LogP contribution in [0.3, 0.4) is 0 Å². The van der Waals surface area contributed by atoms with E-state index in [1.54, 1.807) is 12.1 Å². The van der Waals surface area contributed by atoms with E-state index < -0.39 is 6.61 Å². The first-order valence-corrected chi connectivity index (χ1v) is 8.09. The van der Waals surface area contributed by atoms with Crippen molar-refractivity contribution in [3.8, 4) is 5.75 Å². The van der Waals surface area contributed by atoms with Gasteiger partial charge in [0.05, 0.1) is 6.04 Å². The van der Waals surface area contributed by atoms with Gasteiger partial charge in [-0.1, -0.05) is 36.4 Å². The fourth-order valence-electron chi connectivity index (χ4n) is 2.56. The van der Waals surface area contributed by atoms with Crippen LogP contribution >= 0.6 is 0 Å². The van der Waals surface area contributed by atoms with Crippen LogP contribution < -0.4 is 15.4 Å². The van der Waals surface area contributed by atoms with Gasteiger partial charge in [0.15, 0.2) is 0 Å². The number of rotatable bonds is 7. The number of amides is 2. The molecule has 0 bridgehead atoms. The van der Waals surface area contributed by atoms with Crippen LogP contribution in [0.1, 0.15) is 29.7 Å². The van der Waals surface area contributed by atoms with Gasteiger partial charge in [-0.25, -0.2) is 4.79 Å². The number of hydrogen-bond donors (Lipinski definition) is 2. The fraction of sp³-hybridized carbons (Fsp3) is 0.316. The second-order valence-electron chi connectivity index (χ2n) is 5.75. The highest BCUT2D eigenvalue weighted by molar-refractivity contribution is 5.74. The maximum absolute atomic E-state index is 12.1.